The minimum absolute atomic E-state index is 0.000877. The lowest BCUT2D eigenvalue weighted by Gasteiger charge is -2.24. The zero-order valence-corrected chi connectivity index (χ0v) is 11.6. The molecule has 2 heterocycles. The molecule has 1 unspecified atom stereocenters. The van der Waals surface area contributed by atoms with Crippen LogP contribution in [0.4, 0.5) is 5.69 Å². The largest absolute Gasteiger partial charge is 0.383 e. The molecule has 3 rings (SSSR count). The van der Waals surface area contributed by atoms with Gasteiger partial charge in [-0.2, -0.15) is 0 Å². The summed E-state index contributed by atoms with van der Waals surface area (Å²) >= 11 is 0. The maximum absolute atomic E-state index is 12.0. The number of para-hydroxylation sites is 1. The first-order chi connectivity index (χ1) is 9.75. The molecule has 5 nitrogen and oxygen atoms in total. The van der Waals surface area contributed by atoms with Crippen LogP contribution < -0.4 is 16.2 Å². The van der Waals surface area contributed by atoms with Crippen LogP contribution in [0.5, 0.6) is 0 Å². The molecule has 1 atom stereocenters. The van der Waals surface area contributed by atoms with Crippen LogP contribution in [-0.2, 0) is 11.8 Å². The summed E-state index contributed by atoms with van der Waals surface area (Å²) in [5.74, 6) is 0. The number of pyridine rings is 1. The fourth-order valence-corrected chi connectivity index (χ4v) is 2.54. The fraction of sp³-hybridized carbons (Fsp3) is 0.400. The monoisotopic (exact) mass is 273 g/mol. The van der Waals surface area contributed by atoms with Gasteiger partial charge in [-0.05, 0) is 6.07 Å². The number of hydrogen-bond donors (Lipinski definition) is 2. The third kappa shape index (κ3) is 2.55. The van der Waals surface area contributed by atoms with Crippen molar-refractivity contribution in [3.05, 3.63) is 40.7 Å². The van der Waals surface area contributed by atoms with Crippen molar-refractivity contribution in [2.45, 2.75) is 6.04 Å². The van der Waals surface area contributed by atoms with Crippen LogP contribution in [0, 0.1) is 0 Å². The molecule has 2 N–H and O–H groups in total. The Morgan fingerprint density at radius 2 is 2.30 bits per heavy atom. The van der Waals surface area contributed by atoms with Gasteiger partial charge in [0.25, 0.3) is 5.56 Å². The van der Waals surface area contributed by atoms with Gasteiger partial charge in [-0.15, -0.1) is 0 Å². The third-order valence-corrected chi connectivity index (χ3v) is 3.69. The number of morpholine rings is 1. The predicted molar refractivity (Wildman–Crippen MR) is 80.3 cm³/mol. The van der Waals surface area contributed by atoms with Gasteiger partial charge in [0.05, 0.1) is 18.7 Å². The van der Waals surface area contributed by atoms with E-state index in [0.717, 1.165) is 36.3 Å². The number of rotatable bonds is 3. The molecule has 2 aromatic rings. The van der Waals surface area contributed by atoms with Crippen molar-refractivity contribution < 1.29 is 4.74 Å². The van der Waals surface area contributed by atoms with Gasteiger partial charge in [0.1, 0.15) is 0 Å². The van der Waals surface area contributed by atoms with Gasteiger partial charge in [-0.1, -0.05) is 18.2 Å². The quantitative estimate of drug-likeness (QED) is 0.874. The molecule has 106 valence electrons. The van der Waals surface area contributed by atoms with Gasteiger partial charge in [0.2, 0.25) is 0 Å². The van der Waals surface area contributed by atoms with Crippen molar-refractivity contribution in [2.75, 3.05) is 31.6 Å². The number of aryl methyl sites for hydroxylation is 1. The van der Waals surface area contributed by atoms with E-state index >= 15 is 0 Å². The molecule has 0 bridgehead atoms. The highest BCUT2D eigenvalue weighted by atomic mass is 16.5. The molecule has 1 aromatic carbocycles. The number of fused-ring (bicyclic) bond motifs is 1. The van der Waals surface area contributed by atoms with Crippen LogP contribution in [0.25, 0.3) is 10.9 Å². The Bertz CT molecular complexity index is 660. The van der Waals surface area contributed by atoms with E-state index in [1.807, 2.05) is 24.3 Å². The number of anilines is 1. The smallest absolute Gasteiger partial charge is 0.252 e. The first-order valence-electron chi connectivity index (χ1n) is 6.89. The summed E-state index contributed by atoms with van der Waals surface area (Å²) in [6.45, 7) is 3.10. The predicted octanol–water partition coefficient (Wildman–Crippen LogP) is 0.939. The minimum Gasteiger partial charge on any atom is -0.383 e. The molecule has 0 radical (unpaired) electrons. The Balaban J connectivity index is 1.87. The van der Waals surface area contributed by atoms with E-state index in [9.17, 15) is 4.79 Å². The molecule has 5 heteroatoms. The van der Waals surface area contributed by atoms with E-state index in [-0.39, 0.29) is 11.6 Å². The SMILES string of the molecule is Cn1c(=O)cc(NCC2COCCN2)c2ccccc21. The molecule has 0 saturated carbocycles. The van der Waals surface area contributed by atoms with Gasteiger partial charge in [-0.3, -0.25) is 4.79 Å². The molecule has 1 aliphatic rings. The summed E-state index contributed by atoms with van der Waals surface area (Å²) < 4.78 is 7.10. The second-order valence-corrected chi connectivity index (χ2v) is 5.08. The summed E-state index contributed by atoms with van der Waals surface area (Å²) in [4.78, 5) is 12.0. The van der Waals surface area contributed by atoms with Crippen LogP contribution >= 0.6 is 0 Å². The number of ether oxygens (including phenoxy) is 1. The van der Waals surface area contributed by atoms with Crippen molar-refractivity contribution in [2.24, 2.45) is 7.05 Å². The van der Waals surface area contributed by atoms with E-state index < -0.39 is 0 Å². The zero-order valence-electron chi connectivity index (χ0n) is 11.6. The van der Waals surface area contributed by atoms with Crippen molar-refractivity contribution >= 4 is 16.6 Å². The Kier molecular flexibility index (Phi) is 3.71. The maximum Gasteiger partial charge on any atom is 0.252 e. The molecule has 1 aliphatic heterocycles. The maximum atomic E-state index is 12.0. The summed E-state index contributed by atoms with van der Waals surface area (Å²) in [5, 5.41) is 7.82. The second-order valence-electron chi connectivity index (χ2n) is 5.08. The summed E-state index contributed by atoms with van der Waals surface area (Å²) in [6.07, 6.45) is 0. The molecule has 20 heavy (non-hydrogen) atoms. The van der Waals surface area contributed by atoms with E-state index in [1.54, 1.807) is 17.7 Å². The van der Waals surface area contributed by atoms with Crippen LogP contribution in [0.15, 0.2) is 35.1 Å². The average molecular weight is 273 g/mol. The van der Waals surface area contributed by atoms with Crippen molar-refractivity contribution in [3.8, 4) is 0 Å². The molecule has 1 saturated heterocycles. The normalized spacial score (nSPS) is 19.1. The van der Waals surface area contributed by atoms with Crippen LogP contribution in [0.2, 0.25) is 0 Å². The van der Waals surface area contributed by atoms with Crippen LogP contribution in [0.1, 0.15) is 0 Å². The van der Waals surface area contributed by atoms with E-state index in [1.165, 1.54) is 0 Å². The van der Waals surface area contributed by atoms with Gasteiger partial charge in [-0.25, -0.2) is 0 Å². The molecule has 1 fully saturated rings. The Morgan fingerprint density at radius 1 is 1.45 bits per heavy atom. The van der Waals surface area contributed by atoms with Crippen LogP contribution in [0.3, 0.4) is 0 Å². The topological polar surface area (TPSA) is 55.3 Å². The zero-order chi connectivity index (χ0) is 13.9. The molecule has 0 spiro atoms. The molecule has 0 aliphatic carbocycles. The van der Waals surface area contributed by atoms with Crippen molar-refractivity contribution in [1.29, 1.82) is 0 Å². The summed E-state index contributed by atoms with van der Waals surface area (Å²) in [7, 11) is 1.80. The first-order valence-corrected chi connectivity index (χ1v) is 6.89. The first kappa shape index (κ1) is 13.1. The van der Waals surface area contributed by atoms with Gasteiger partial charge < -0.3 is 19.9 Å². The number of hydrogen-bond acceptors (Lipinski definition) is 4. The Labute approximate surface area is 117 Å². The highest BCUT2D eigenvalue weighted by Gasteiger charge is 2.13. The lowest BCUT2D eigenvalue weighted by Crippen LogP contribution is -2.45. The van der Waals surface area contributed by atoms with Crippen molar-refractivity contribution in [1.82, 2.24) is 9.88 Å². The number of nitrogens with one attached hydrogen (secondary N) is 2. The molecule has 0 amide bonds. The number of benzene rings is 1. The third-order valence-electron chi connectivity index (χ3n) is 3.69. The number of aromatic nitrogens is 1. The summed E-state index contributed by atoms with van der Waals surface area (Å²) in [6, 6.07) is 9.87. The minimum atomic E-state index is -0.000877. The molecular weight excluding hydrogens is 254 g/mol. The fourth-order valence-electron chi connectivity index (χ4n) is 2.54. The second kappa shape index (κ2) is 5.64. The highest BCUT2D eigenvalue weighted by molar-refractivity contribution is 5.91. The lowest BCUT2D eigenvalue weighted by atomic mass is 10.1. The number of nitrogens with zero attached hydrogens (tertiary/aromatic N) is 1. The summed E-state index contributed by atoms with van der Waals surface area (Å²) in [5.41, 5.74) is 1.82. The van der Waals surface area contributed by atoms with E-state index in [0.29, 0.717) is 6.61 Å². The Hall–Kier alpha value is -1.85. The van der Waals surface area contributed by atoms with E-state index in [2.05, 4.69) is 10.6 Å². The van der Waals surface area contributed by atoms with Gasteiger partial charge in [0, 0.05) is 43.3 Å². The molecule has 1 aromatic heterocycles. The average Bonchev–Trinajstić information content (AvgIpc) is 2.50. The van der Waals surface area contributed by atoms with Gasteiger partial charge >= 0.3 is 0 Å². The highest BCUT2D eigenvalue weighted by Crippen LogP contribution is 2.20. The Morgan fingerprint density at radius 3 is 3.10 bits per heavy atom. The van der Waals surface area contributed by atoms with Crippen LogP contribution in [-0.4, -0.2) is 36.9 Å². The van der Waals surface area contributed by atoms with Crippen molar-refractivity contribution in [3.63, 3.8) is 0 Å². The van der Waals surface area contributed by atoms with E-state index in [4.69, 9.17) is 4.74 Å². The molecular formula is C15H19N3O2. The van der Waals surface area contributed by atoms with Gasteiger partial charge in [0.15, 0.2) is 0 Å². The lowest BCUT2D eigenvalue weighted by molar-refractivity contribution is 0.0807. The standard InChI is InChI=1S/C15H19N3O2/c1-18-14-5-3-2-4-12(14)13(8-15(18)19)17-9-11-10-20-7-6-16-11/h2-5,8,11,16-17H,6-7,9-10H2,1H3.